The molecule has 3 rings (SSSR count). The van der Waals surface area contributed by atoms with Crippen LogP contribution >= 0.6 is 11.8 Å². The van der Waals surface area contributed by atoms with Gasteiger partial charge in [0.1, 0.15) is 5.76 Å². The summed E-state index contributed by atoms with van der Waals surface area (Å²) in [5.74, 6) is -2.27. The molecule has 0 bridgehead atoms. The van der Waals surface area contributed by atoms with E-state index in [4.69, 9.17) is 14.6 Å². The Kier molecular flexibility index (Phi) is 5.23. The quantitative estimate of drug-likeness (QED) is 0.675. The molecule has 1 amide bonds. The second-order valence-corrected chi connectivity index (χ2v) is 6.29. The molecule has 0 atom stereocenters. The average Bonchev–Trinajstić information content (AvgIpc) is 3.25. The normalized spacial score (nSPS) is 17.0. The topological polar surface area (TPSA) is 129 Å². The van der Waals surface area contributed by atoms with Gasteiger partial charge in [-0.2, -0.15) is 0 Å². The van der Waals surface area contributed by atoms with E-state index in [1.807, 2.05) is 0 Å². The number of nitrogens with zero attached hydrogens (tertiary/aromatic N) is 1. The summed E-state index contributed by atoms with van der Waals surface area (Å²) in [6, 6.07) is 7.00. The van der Waals surface area contributed by atoms with Crippen LogP contribution in [0.3, 0.4) is 0 Å². The molecule has 1 saturated heterocycles. The summed E-state index contributed by atoms with van der Waals surface area (Å²) in [6.45, 7) is 0. The first-order valence-corrected chi connectivity index (χ1v) is 8.35. The lowest BCUT2D eigenvalue weighted by Crippen LogP contribution is -2.19. The molecule has 0 spiro atoms. The number of carbonyl (C=O) groups is 3. The highest BCUT2D eigenvalue weighted by atomic mass is 32.2. The minimum absolute atomic E-state index is 0.113. The van der Waals surface area contributed by atoms with Gasteiger partial charge < -0.3 is 19.9 Å². The van der Waals surface area contributed by atoms with Crippen molar-refractivity contribution < 1.29 is 29.0 Å². The second-order valence-electron chi connectivity index (χ2n) is 5.26. The number of rotatable bonds is 5. The first kappa shape index (κ1) is 18.2. The molecule has 136 valence electrons. The van der Waals surface area contributed by atoms with E-state index in [1.165, 1.54) is 18.4 Å². The molecule has 9 heteroatoms. The first-order chi connectivity index (χ1) is 12.9. The van der Waals surface area contributed by atoms with Gasteiger partial charge in [-0.05, 0) is 54.2 Å². The molecule has 1 aromatic heterocycles. The van der Waals surface area contributed by atoms with Gasteiger partial charge in [0.05, 0.1) is 28.0 Å². The van der Waals surface area contributed by atoms with Gasteiger partial charge in [0.2, 0.25) is 0 Å². The average molecular weight is 384 g/mol. The Morgan fingerprint density at radius 3 is 2.44 bits per heavy atom. The van der Waals surface area contributed by atoms with E-state index in [1.54, 1.807) is 30.4 Å². The fraction of sp³-hybridized carbons (Fsp3) is 0. The van der Waals surface area contributed by atoms with Crippen LogP contribution in [0.5, 0.6) is 0 Å². The van der Waals surface area contributed by atoms with Gasteiger partial charge in [-0.15, -0.1) is 0 Å². The third kappa shape index (κ3) is 4.53. The maximum absolute atomic E-state index is 12.0. The number of aromatic carboxylic acids is 2. The molecular weight excluding hydrogens is 372 g/mol. The number of carboxylic acids is 2. The molecule has 0 saturated carbocycles. The van der Waals surface area contributed by atoms with E-state index in [9.17, 15) is 14.4 Å². The van der Waals surface area contributed by atoms with Gasteiger partial charge in [0.25, 0.3) is 5.91 Å². The van der Waals surface area contributed by atoms with Crippen molar-refractivity contribution in [1.82, 2.24) is 5.32 Å². The predicted molar refractivity (Wildman–Crippen MR) is 99.0 cm³/mol. The highest BCUT2D eigenvalue weighted by Crippen LogP contribution is 2.27. The van der Waals surface area contributed by atoms with Crippen LogP contribution in [0.2, 0.25) is 0 Å². The number of thioether (sulfide) groups is 1. The molecule has 1 fully saturated rings. The lowest BCUT2D eigenvalue weighted by Gasteiger charge is -2.02. The smallest absolute Gasteiger partial charge is 0.335 e. The predicted octanol–water partition coefficient (Wildman–Crippen LogP) is 3.12. The summed E-state index contributed by atoms with van der Waals surface area (Å²) in [6.07, 6.45) is 6.45. The third-order valence-electron chi connectivity index (χ3n) is 3.34. The van der Waals surface area contributed by atoms with Crippen LogP contribution in [-0.2, 0) is 4.79 Å². The summed E-state index contributed by atoms with van der Waals surface area (Å²) >= 11 is 1.05. The van der Waals surface area contributed by atoms with Crippen LogP contribution in [0.1, 0.15) is 26.5 Å². The van der Waals surface area contributed by atoms with E-state index in [0.29, 0.717) is 10.7 Å². The van der Waals surface area contributed by atoms with Crippen molar-refractivity contribution in [3.8, 4) is 0 Å². The Morgan fingerprint density at radius 1 is 1.15 bits per heavy atom. The monoisotopic (exact) mass is 384 g/mol. The Bertz CT molecular complexity index is 973. The fourth-order valence-electron chi connectivity index (χ4n) is 2.15. The molecule has 0 unspecified atom stereocenters. The zero-order valence-corrected chi connectivity index (χ0v) is 14.4. The SMILES string of the molecule is O=C1NC(=Nc2cc(C(=O)O)cc(C(=O)O)c2)S/C1=C/C=C/c1ccco1. The van der Waals surface area contributed by atoms with Crippen LogP contribution in [0.15, 0.2) is 63.1 Å². The first-order valence-electron chi connectivity index (χ1n) is 7.54. The second kappa shape index (κ2) is 7.75. The molecule has 0 radical (unpaired) electrons. The Labute approximate surface area is 156 Å². The molecule has 1 aliphatic heterocycles. The van der Waals surface area contributed by atoms with Crippen molar-refractivity contribution in [2.45, 2.75) is 0 Å². The summed E-state index contributed by atoms with van der Waals surface area (Å²) in [5.41, 5.74) is -0.302. The van der Waals surface area contributed by atoms with E-state index in [0.717, 1.165) is 17.8 Å². The number of carboxylic acid groups (broad SMARTS) is 2. The molecular formula is C18H12N2O6S. The van der Waals surface area contributed by atoms with Gasteiger partial charge in [0, 0.05) is 0 Å². The molecule has 0 aliphatic carbocycles. The van der Waals surface area contributed by atoms with Gasteiger partial charge in [-0.25, -0.2) is 14.6 Å². The van der Waals surface area contributed by atoms with Crippen molar-refractivity contribution >= 4 is 46.5 Å². The van der Waals surface area contributed by atoms with E-state index in [2.05, 4.69) is 10.3 Å². The number of carbonyl (C=O) groups excluding carboxylic acids is 1. The van der Waals surface area contributed by atoms with Crippen molar-refractivity contribution in [1.29, 1.82) is 0 Å². The summed E-state index contributed by atoms with van der Waals surface area (Å²) < 4.78 is 5.14. The number of hydrogen-bond donors (Lipinski definition) is 3. The summed E-state index contributed by atoms with van der Waals surface area (Å²) in [4.78, 5) is 38.8. The maximum Gasteiger partial charge on any atom is 0.335 e. The lowest BCUT2D eigenvalue weighted by atomic mass is 10.1. The molecule has 8 nitrogen and oxygen atoms in total. The van der Waals surface area contributed by atoms with Gasteiger partial charge in [-0.1, -0.05) is 6.08 Å². The van der Waals surface area contributed by atoms with E-state index in [-0.39, 0.29) is 27.9 Å². The molecule has 2 aromatic rings. The van der Waals surface area contributed by atoms with Gasteiger partial charge in [0.15, 0.2) is 5.17 Å². The van der Waals surface area contributed by atoms with Crippen LogP contribution in [0.4, 0.5) is 5.69 Å². The number of allylic oxidation sites excluding steroid dienone is 2. The van der Waals surface area contributed by atoms with Crippen molar-refractivity contribution in [3.63, 3.8) is 0 Å². The van der Waals surface area contributed by atoms with Crippen molar-refractivity contribution in [2.24, 2.45) is 4.99 Å². The Balaban J connectivity index is 1.83. The molecule has 1 aromatic carbocycles. The highest BCUT2D eigenvalue weighted by Gasteiger charge is 2.23. The van der Waals surface area contributed by atoms with E-state index < -0.39 is 11.9 Å². The standard InChI is InChI=1S/C18H12N2O6S/c21-15-14(5-1-3-13-4-2-6-26-13)27-18(20-15)19-12-8-10(16(22)23)7-11(9-12)17(24)25/h1-9H,(H,22,23)(H,24,25)(H,19,20,21)/b3-1+,14-5+. The molecule has 1 aliphatic rings. The Hall–Kier alpha value is -3.59. The Morgan fingerprint density at radius 2 is 1.85 bits per heavy atom. The zero-order valence-electron chi connectivity index (χ0n) is 13.6. The minimum atomic E-state index is -1.27. The van der Waals surface area contributed by atoms with Crippen LogP contribution in [0.25, 0.3) is 6.08 Å². The number of amidine groups is 1. The number of hydrogen-bond acceptors (Lipinski definition) is 6. The van der Waals surface area contributed by atoms with Gasteiger partial charge >= 0.3 is 11.9 Å². The lowest BCUT2D eigenvalue weighted by molar-refractivity contribution is -0.115. The fourth-order valence-corrected chi connectivity index (χ4v) is 2.95. The van der Waals surface area contributed by atoms with Crippen molar-refractivity contribution in [3.05, 3.63) is 70.5 Å². The number of benzene rings is 1. The zero-order chi connectivity index (χ0) is 19.4. The van der Waals surface area contributed by atoms with Crippen LogP contribution < -0.4 is 5.32 Å². The molecule has 27 heavy (non-hydrogen) atoms. The minimum Gasteiger partial charge on any atom is -0.478 e. The number of nitrogens with one attached hydrogen (secondary N) is 1. The number of amides is 1. The van der Waals surface area contributed by atoms with Crippen LogP contribution in [0, 0.1) is 0 Å². The summed E-state index contributed by atoms with van der Waals surface area (Å²) in [5, 5.41) is 21.0. The maximum atomic E-state index is 12.0. The highest BCUT2D eigenvalue weighted by molar-refractivity contribution is 8.18. The van der Waals surface area contributed by atoms with Gasteiger partial charge in [-0.3, -0.25) is 4.79 Å². The summed E-state index contributed by atoms with van der Waals surface area (Å²) in [7, 11) is 0. The van der Waals surface area contributed by atoms with E-state index >= 15 is 0 Å². The number of furan rings is 1. The largest absolute Gasteiger partial charge is 0.478 e. The third-order valence-corrected chi connectivity index (χ3v) is 4.27. The van der Waals surface area contributed by atoms with Crippen LogP contribution in [-0.4, -0.2) is 33.2 Å². The molecule has 2 heterocycles. The molecule has 3 N–H and O–H groups in total. The number of aliphatic imine (C=N–C) groups is 1. The van der Waals surface area contributed by atoms with Crippen molar-refractivity contribution in [2.75, 3.05) is 0 Å².